The van der Waals surface area contributed by atoms with Gasteiger partial charge in [0.25, 0.3) is 5.91 Å². The standard InChI is InChI=1S/C25H30ClN3O4.Li.H2O/c1-14-11-15(2)21(16(3)12-14)29-25(33)27-20-13-18(26)9-10-19(20)23(30)28-22(24(31)32)17-7-5-4-6-8-17;;/h9-13,17,22H,4-8H2,1-3H3,(H,28,30)(H,31,32)(H2,27,29,33);;1H2/q;+1;/p-1/t22-;;/m0../s1. The van der Waals surface area contributed by atoms with Crippen molar-refractivity contribution in [1.29, 1.82) is 0 Å². The molecule has 3 amide bonds. The minimum atomic E-state index is -1.05. The van der Waals surface area contributed by atoms with Gasteiger partial charge in [0.1, 0.15) is 6.04 Å². The van der Waals surface area contributed by atoms with Crippen molar-refractivity contribution in [3.8, 4) is 0 Å². The number of amides is 3. The molecule has 2 aromatic rings. The van der Waals surface area contributed by atoms with Gasteiger partial charge in [-0.15, -0.1) is 0 Å². The number of anilines is 2. The van der Waals surface area contributed by atoms with Gasteiger partial charge >= 0.3 is 30.9 Å². The molecule has 0 spiro atoms. The minimum Gasteiger partial charge on any atom is -0.870 e. The number of halogens is 1. The zero-order valence-corrected chi connectivity index (χ0v) is 21.3. The van der Waals surface area contributed by atoms with Gasteiger partial charge < -0.3 is 26.5 Å². The average Bonchev–Trinajstić information content (AvgIpc) is 2.75. The molecular weight excluding hydrogens is 465 g/mol. The summed E-state index contributed by atoms with van der Waals surface area (Å²) in [7, 11) is 0. The predicted molar refractivity (Wildman–Crippen MR) is 132 cm³/mol. The predicted octanol–water partition coefficient (Wildman–Crippen LogP) is 2.50. The minimum absolute atomic E-state index is 0. The Hall–Kier alpha value is -2.50. The Morgan fingerprint density at radius 3 is 2.14 bits per heavy atom. The fourth-order valence-electron chi connectivity index (χ4n) is 4.53. The number of carboxylic acids is 1. The Balaban J connectivity index is 0.00000306. The number of benzene rings is 2. The molecule has 8 nitrogen and oxygen atoms in total. The largest absolute Gasteiger partial charge is 1.00 e. The molecular formula is C25H31ClLiN3O5. The van der Waals surface area contributed by atoms with E-state index < -0.39 is 23.9 Å². The van der Waals surface area contributed by atoms with Crippen LogP contribution in [0.2, 0.25) is 5.02 Å². The number of carboxylic acid groups (broad SMARTS) is 1. The van der Waals surface area contributed by atoms with Crippen molar-refractivity contribution in [2.75, 3.05) is 10.6 Å². The van der Waals surface area contributed by atoms with E-state index in [1.165, 1.54) is 18.2 Å². The van der Waals surface area contributed by atoms with Crippen LogP contribution in [-0.2, 0) is 4.79 Å². The average molecular weight is 496 g/mol. The monoisotopic (exact) mass is 495 g/mol. The summed E-state index contributed by atoms with van der Waals surface area (Å²) in [5.41, 5.74) is 3.97. The third-order valence-corrected chi connectivity index (χ3v) is 6.30. The molecule has 10 heteroatoms. The van der Waals surface area contributed by atoms with Gasteiger partial charge in [0, 0.05) is 10.7 Å². The topological polar surface area (TPSA) is 138 Å². The molecule has 0 aliphatic heterocycles. The summed E-state index contributed by atoms with van der Waals surface area (Å²) in [6, 6.07) is 6.92. The van der Waals surface area contributed by atoms with Crippen LogP contribution in [0.3, 0.4) is 0 Å². The summed E-state index contributed by atoms with van der Waals surface area (Å²) in [5, 5.41) is 18.2. The van der Waals surface area contributed by atoms with E-state index in [-0.39, 0.29) is 41.5 Å². The van der Waals surface area contributed by atoms with Crippen LogP contribution in [-0.4, -0.2) is 34.5 Å². The second-order valence-corrected chi connectivity index (χ2v) is 9.17. The van der Waals surface area contributed by atoms with Crippen molar-refractivity contribution >= 4 is 40.9 Å². The van der Waals surface area contributed by atoms with Gasteiger partial charge in [0.15, 0.2) is 0 Å². The van der Waals surface area contributed by atoms with E-state index in [4.69, 9.17) is 11.6 Å². The maximum Gasteiger partial charge on any atom is 1.00 e. The maximum absolute atomic E-state index is 13.0. The summed E-state index contributed by atoms with van der Waals surface area (Å²) in [6.07, 6.45) is 4.52. The van der Waals surface area contributed by atoms with Crippen LogP contribution in [0.5, 0.6) is 0 Å². The van der Waals surface area contributed by atoms with Crippen molar-refractivity contribution in [1.82, 2.24) is 5.32 Å². The summed E-state index contributed by atoms with van der Waals surface area (Å²) < 4.78 is 0. The van der Waals surface area contributed by atoms with Gasteiger partial charge in [-0.2, -0.15) is 0 Å². The van der Waals surface area contributed by atoms with Crippen LogP contribution in [0.1, 0.15) is 59.2 Å². The first kappa shape index (κ1) is 30.5. The van der Waals surface area contributed by atoms with Gasteiger partial charge in [0.2, 0.25) is 0 Å². The Morgan fingerprint density at radius 2 is 1.57 bits per heavy atom. The number of carbonyl (C=O) groups is 3. The second kappa shape index (κ2) is 13.6. The third kappa shape index (κ3) is 8.01. The molecule has 0 bridgehead atoms. The SMILES string of the molecule is Cc1cc(C)c(NC(=O)Nc2cc(Cl)ccc2C(=O)N[C@H](C(=O)O)C2CCCCC2)c(C)c1.[Li+].[OH-]. The maximum atomic E-state index is 13.0. The Kier molecular flexibility index (Phi) is 11.8. The summed E-state index contributed by atoms with van der Waals surface area (Å²) in [5.74, 6) is -1.73. The number of rotatable bonds is 6. The van der Waals surface area contributed by atoms with Crippen LogP contribution in [0, 0.1) is 26.7 Å². The van der Waals surface area contributed by atoms with Crippen LogP contribution in [0.25, 0.3) is 0 Å². The summed E-state index contributed by atoms with van der Waals surface area (Å²) >= 11 is 6.11. The van der Waals surface area contributed by atoms with Gasteiger partial charge in [-0.1, -0.05) is 48.6 Å². The first-order valence-corrected chi connectivity index (χ1v) is 11.5. The van der Waals surface area contributed by atoms with Gasteiger partial charge in [-0.25, -0.2) is 9.59 Å². The molecule has 0 unspecified atom stereocenters. The molecule has 5 N–H and O–H groups in total. The normalized spacial score (nSPS) is 14.1. The first-order valence-electron chi connectivity index (χ1n) is 11.1. The molecule has 1 atom stereocenters. The quantitative estimate of drug-likeness (QED) is 0.456. The molecule has 0 saturated heterocycles. The number of aliphatic carboxylic acids is 1. The van der Waals surface area contributed by atoms with E-state index in [2.05, 4.69) is 16.0 Å². The van der Waals surface area contributed by atoms with Crippen LogP contribution in [0.4, 0.5) is 16.2 Å². The fraction of sp³-hybridized carbons (Fsp3) is 0.400. The first-order chi connectivity index (χ1) is 15.7. The van der Waals surface area contributed by atoms with E-state index in [9.17, 15) is 19.5 Å². The van der Waals surface area contributed by atoms with Crippen molar-refractivity contribution in [3.63, 3.8) is 0 Å². The molecule has 184 valence electrons. The Bertz CT molecular complexity index is 1050. The molecule has 0 heterocycles. The molecule has 3 rings (SSSR count). The zero-order valence-electron chi connectivity index (χ0n) is 20.6. The molecule has 0 aromatic heterocycles. The van der Waals surface area contributed by atoms with E-state index in [0.29, 0.717) is 10.7 Å². The van der Waals surface area contributed by atoms with Crippen molar-refractivity contribution in [3.05, 3.63) is 57.6 Å². The number of urea groups is 1. The number of nitrogens with one attached hydrogen (secondary N) is 3. The van der Waals surface area contributed by atoms with E-state index >= 15 is 0 Å². The van der Waals surface area contributed by atoms with E-state index in [1.54, 1.807) is 0 Å². The number of aryl methyl sites for hydroxylation is 3. The zero-order chi connectivity index (χ0) is 24.1. The molecule has 1 saturated carbocycles. The Labute approximate surface area is 222 Å². The number of hydrogen-bond acceptors (Lipinski definition) is 4. The molecule has 1 aliphatic rings. The molecule has 0 radical (unpaired) electrons. The summed E-state index contributed by atoms with van der Waals surface area (Å²) in [4.78, 5) is 37.6. The number of carbonyl (C=O) groups excluding carboxylic acids is 2. The smallest absolute Gasteiger partial charge is 0.870 e. The van der Waals surface area contributed by atoms with Crippen molar-refractivity contribution in [2.24, 2.45) is 5.92 Å². The fourth-order valence-corrected chi connectivity index (χ4v) is 4.70. The number of hydrogen-bond donors (Lipinski definition) is 4. The molecule has 1 fully saturated rings. The van der Waals surface area contributed by atoms with Crippen LogP contribution < -0.4 is 34.8 Å². The van der Waals surface area contributed by atoms with E-state index in [1.807, 2.05) is 32.9 Å². The Morgan fingerprint density at radius 1 is 0.971 bits per heavy atom. The van der Waals surface area contributed by atoms with Crippen LogP contribution in [0.15, 0.2) is 30.3 Å². The second-order valence-electron chi connectivity index (χ2n) is 8.73. The van der Waals surface area contributed by atoms with Crippen molar-refractivity contribution < 1.29 is 43.8 Å². The molecule has 1 aliphatic carbocycles. The van der Waals surface area contributed by atoms with Crippen molar-refractivity contribution in [2.45, 2.75) is 58.9 Å². The van der Waals surface area contributed by atoms with E-state index in [0.717, 1.165) is 48.8 Å². The molecule has 35 heavy (non-hydrogen) atoms. The van der Waals surface area contributed by atoms with Gasteiger partial charge in [-0.3, -0.25) is 4.79 Å². The summed E-state index contributed by atoms with van der Waals surface area (Å²) in [6.45, 7) is 5.80. The van der Waals surface area contributed by atoms with Crippen LogP contribution >= 0.6 is 11.6 Å². The third-order valence-electron chi connectivity index (χ3n) is 6.06. The van der Waals surface area contributed by atoms with Gasteiger partial charge in [0.05, 0.1) is 11.3 Å². The molecule has 2 aromatic carbocycles. The van der Waals surface area contributed by atoms with Gasteiger partial charge in [-0.05, 0) is 68.9 Å².